The number of hydrogen-bond donors (Lipinski definition) is 1. The Morgan fingerprint density at radius 3 is 2.92 bits per heavy atom. The maximum absolute atomic E-state index is 6.09. The highest BCUT2D eigenvalue weighted by Gasteiger charge is 2.11. The molecule has 0 amide bonds. The predicted molar refractivity (Wildman–Crippen MR) is 100 cm³/mol. The van der Waals surface area contributed by atoms with E-state index in [1.165, 1.54) is 16.5 Å². The Morgan fingerprint density at radius 2 is 2.12 bits per heavy atom. The summed E-state index contributed by atoms with van der Waals surface area (Å²) in [6.45, 7) is 3.32. The van der Waals surface area contributed by atoms with Crippen LogP contribution in [0.3, 0.4) is 0 Å². The predicted octanol–water partition coefficient (Wildman–Crippen LogP) is 3.93. The normalized spacial score (nSPS) is 11.5. The average molecular weight is 344 g/mol. The topological polar surface area (TPSA) is 37.5 Å². The van der Waals surface area contributed by atoms with Crippen LogP contribution in [-0.2, 0) is 17.8 Å². The van der Waals surface area contributed by atoms with Crippen molar-refractivity contribution in [3.63, 3.8) is 0 Å². The standard InChI is InChI=1S/C19H24N2O2S/c1-21(9-10-22-2)8-6-16-12-20-17-4-3-5-18(19(16)17)23-13-15-7-11-24-14-15/h3-5,7,11-12,14,20H,6,8-10,13H2,1-2H3. The Hall–Kier alpha value is -1.82. The third-order valence-corrected chi connectivity index (χ3v) is 4.90. The fourth-order valence-electron chi connectivity index (χ4n) is 2.74. The van der Waals surface area contributed by atoms with E-state index in [0.717, 1.165) is 37.4 Å². The Bertz CT molecular complexity index is 752. The van der Waals surface area contributed by atoms with Gasteiger partial charge in [0.25, 0.3) is 0 Å². The van der Waals surface area contributed by atoms with Crippen LogP contribution in [0.2, 0.25) is 0 Å². The number of rotatable bonds is 9. The lowest BCUT2D eigenvalue weighted by Gasteiger charge is -2.16. The van der Waals surface area contributed by atoms with Gasteiger partial charge >= 0.3 is 0 Å². The summed E-state index contributed by atoms with van der Waals surface area (Å²) in [5.41, 5.74) is 3.65. The third-order valence-electron chi connectivity index (χ3n) is 4.16. The molecule has 1 N–H and O–H groups in total. The third kappa shape index (κ3) is 4.17. The largest absolute Gasteiger partial charge is 0.488 e. The minimum Gasteiger partial charge on any atom is -0.488 e. The quantitative estimate of drug-likeness (QED) is 0.639. The van der Waals surface area contributed by atoms with Crippen LogP contribution in [0.5, 0.6) is 5.75 Å². The zero-order valence-corrected chi connectivity index (χ0v) is 15.1. The number of methoxy groups -OCH3 is 1. The average Bonchev–Trinajstić information content (AvgIpc) is 3.26. The van der Waals surface area contributed by atoms with Crippen molar-refractivity contribution < 1.29 is 9.47 Å². The first-order valence-corrected chi connectivity index (χ1v) is 9.12. The maximum Gasteiger partial charge on any atom is 0.129 e. The summed E-state index contributed by atoms with van der Waals surface area (Å²) in [6, 6.07) is 8.30. The van der Waals surface area contributed by atoms with Crippen molar-refractivity contribution >= 4 is 22.2 Å². The molecule has 128 valence electrons. The number of aromatic nitrogens is 1. The molecule has 24 heavy (non-hydrogen) atoms. The molecule has 0 aliphatic carbocycles. The van der Waals surface area contributed by atoms with E-state index in [4.69, 9.17) is 9.47 Å². The zero-order valence-electron chi connectivity index (χ0n) is 14.2. The van der Waals surface area contributed by atoms with Crippen molar-refractivity contribution in [1.82, 2.24) is 9.88 Å². The molecule has 2 aromatic heterocycles. The molecule has 1 aromatic carbocycles. The molecule has 0 saturated heterocycles. The number of hydrogen-bond acceptors (Lipinski definition) is 4. The molecule has 0 unspecified atom stereocenters. The van der Waals surface area contributed by atoms with Crippen molar-refractivity contribution in [2.45, 2.75) is 13.0 Å². The van der Waals surface area contributed by atoms with Crippen LogP contribution >= 0.6 is 11.3 Å². The van der Waals surface area contributed by atoms with Crippen LogP contribution in [0.4, 0.5) is 0 Å². The molecule has 0 bridgehead atoms. The monoisotopic (exact) mass is 344 g/mol. The molecule has 3 aromatic rings. The first-order chi connectivity index (χ1) is 11.8. The van der Waals surface area contributed by atoms with Crippen LogP contribution < -0.4 is 4.74 Å². The molecule has 0 saturated carbocycles. The van der Waals surface area contributed by atoms with Gasteiger partial charge in [-0.2, -0.15) is 11.3 Å². The fourth-order valence-corrected chi connectivity index (χ4v) is 3.40. The highest BCUT2D eigenvalue weighted by atomic mass is 32.1. The Kier molecular flexibility index (Phi) is 5.91. The second-order valence-corrected chi connectivity index (χ2v) is 6.74. The highest BCUT2D eigenvalue weighted by molar-refractivity contribution is 7.07. The zero-order chi connectivity index (χ0) is 16.8. The van der Waals surface area contributed by atoms with Crippen molar-refractivity contribution in [1.29, 1.82) is 0 Å². The molecule has 2 heterocycles. The van der Waals surface area contributed by atoms with Gasteiger partial charge in [0.1, 0.15) is 12.4 Å². The SMILES string of the molecule is COCCN(C)CCc1c[nH]c2cccc(OCc3ccsc3)c12. The van der Waals surface area contributed by atoms with E-state index in [-0.39, 0.29) is 0 Å². The number of benzene rings is 1. The molecule has 5 heteroatoms. The van der Waals surface area contributed by atoms with Crippen molar-refractivity contribution in [3.05, 3.63) is 52.3 Å². The van der Waals surface area contributed by atoms with Crippen LogP contribution in [0, 0.1) is 0 Å². The lowest BCUT2D eigenvalue weighted by Crippen LogP contribution is -2.25. The van der Waals surface area contributed by atoms with E-state index in [0.29, 0.717) is 6.61 Å². The van der Waals surface area contributed by atoms with E-state index in [1.807, 2.05) is 6.07 Å². The molecule has 0 atom stereocenters. The summed E-state index contributed by atoms with van der Waals surface area (Å²) in [4.78, 5) is 5.66. The first-order valence-electron chi connectivity index (χ1n) is 8.18. The van der Waals surface area contributed by atoms with Crippen molar-refractivity contribution in [2.75, 3.05) is 33.9 Å². The number of ether oxygens (including phenoxy) is 2. The van der Waals surface area contributed by atoms with Gasteiger partial charge in [-0.15, -0.1) is 0 Å². The van der Waals surface area contributed by atoms with Gasteiger partial charge in [-0.1, -0.05) is 6.07 Å². The second kappa shape index (κ2) is 8.33. The summed E-state index contributed by atoms with van der Waals surface area (Å²) in [7, 11) is 3.87. The van der Waals surface area contributed by atoms with E-state index in [2.05, 4.69) is 52.1 Å². The van der Waals surface area contributed by atoms with Crippen LogP contribution in [-0.4, -0.2) is 43.7 Å². The number of H-pyrrole nitrogens is 1. The lowest BCUT2D eigenvalue weighted by atomic mass is 10.1. The van der Waals surface area contributed by atoms with Gasteiger partial charge in [0.05, 0.1) is 6.61 Å². The van der Waals surface area contributed by atoms with Gasteiger partial charge < -0.3 is 19.4 Å². The maximum atomic E-state index is 6.09. The van der Waals surface area contributed by atoms with Crippen LogP contribution in [0.15, 0.2) is 41.2 Å². The molecular formula is C19H24N2O2S. The van der Waals surface area contributed by atoms with Gasteiger partial charge in [-0.05, 0) is 53.6 Å². The van der Waals surface area contributed by atoms with Gasteiger partial charge in [0, 0.05) is 37.3 Å². The molecule has 0 aliphatic rings. The molecule has 0 radical (unpaired) electrons. The van der Waals surface area contributed by atoms with Crippen LogP contribution in [0.1, 0.15) is 11.1 Å². The minimum atomic E-state index is 0.612. The smallest absolute Gasteiger partial charge is 0.129 e. The number of aromatic amines is 1. The van der Waals surface area contributed by atoms with Gasteiger partial charge in [-0.3, -0.25) is 0 Å². The van der Waals surface area contributed by atoms with Crippen molar-refractivity contribution in [3.8, 4) is 5.75 Å². The Labute approximate surface area is 147 Å². The van der Waals surface area contributed by atoms with Crippen LogP contribution in [0.25, 0.3) is 10.9 Å². The summed E-state index contributed by atoms with van der Waals surface area (Å²) in [5, 5.41) is 5.41. The lowest BCUT2D eigenvalue weighted by molar-refractivity contribution is 0.162. The highest BCUT2D eigenvalue weighted by Crippen LogP contribution is 2.30. The minimum absolute atomic E-state index is 0.612. The fraction of sp³-hybridized carbons (Fsp3) is 0.368. The molecular weight excluding hydrogens is 320 g/mol. The second-order valence-electron chi connectivity index (χ2n) is 5.96. The Morgan fingerprint density at radius 1 is 1.21 bits per heavy atom. The number of nitrogens with one attached hydrogen (secondary N) is 1. The number of nitrogens with zero attached hydrogens (tertiary/aromatic N) is 1. The Balaban J connectivity index is 1.71. The number of thiophene rings is 1. The first kappa shape index (κ1) is 17.0. The van der Waals surface area contributed by atoms with Crippen molar-refractivity contribution in [2.24, 2.45) is 0 Å². The molecule has 4 nitrogen and oxygen atoms in total. The van der Waals surface area contributed by atoms with E-state index < -0.39 is 0 Å². The number of fused-ring (bicyclic) bond motifs is 1. The molecule has 0 spiro atoms. The van der Waals surface area contributed by atoms with Gasteiger partial charge in [0.15, 0.2) is 0 Å². The summed E-state index contributed by atoms with van der Waals surface area (Å²) in [5.74, 6) is 0.953. The van der Waals surface area contributed by atoms with E-state index >= 15 is 0 Å². The molecule has 0 fully saturated rings. The molecule has 0 aliphatic heterocycles. The van der Waals surface area contributed by atoms with Gasteiger partial charge in [0.2, 0.25) is 0 Å². The number of likely N-dealkylation sites (N-methyl/N-ethyl adjacent to an activating group) is 1. The van der Waals surface area contributed by atoms with E-state index in [1.54, 1.807) is 18.4 Å². The summed E-state index contributed by atoms with van der Waals surface area (Å²) < 4.78 is 11.2. The summed E-state index contributed by atoms with van der Waals surface area (Å²) in [6.07, 6.45) is 3.09. The van der Waals surface area contributed by atoms with Gasteiger partial charge in [-0.25, -0.2) is 0 Å². The molecule has 3 rings (SSSR count). The van der Waals surface area contributed by atoms with E-state index in [9.17, 15) is 0 Å². The summed E-state index contributed by atoms with van der Waals surface area (Å²) >= 11 is 1.70.